The Hall–Kier alpha value is -0.0800. The number of rotatable bonds is 5. The molecule has 1 aliphatic rings. The Morgan fingerprint density at radius 2 is 2.08 bits per heavy atom. The van der Waals surface area contributed by atoms with Crippen LogP contribution in [0.4, 0.5) is 0 Å². The van der Waals surface area contributed by atoms with Gasteiger partial charge in [0.15, 0.2) is 0 Å². The van der Waals surface area contributed by atoms with Crippen LogP contribution in [0.2, 0.25) is 0 Å². The van der Waals surface area contributed by atoms with Crippen molar-refractivity contribution in [1.82, 2.24) is 10.2 Å². The maximum Gasteiger partial charge on any atom is 0.0342 e. The molecular weight excluding hydrogens is 148 g/mol. The number of likely N-dealkylation sites (N-methyl/N-ethyl adjacent to an activating group) is 1. The minimum atomic E-state index is 0.817. The monoisotopic (exact) mass is 170 g/mol. The average Bonchev–Trinajstić information content (AvgIpc) is 1.81. The predicted octanol–water partition coefficient (Wildman–Crippen LogP) is 1.33. The lowest BCUT2D eigenvalue weighted by Gasteiger charge is -2.35. The first-order valence-electron chi connectivity index (χ1n) is 5.11. The topological polar surface area (TPSA) is 15.3 Å². The van der Waals surface area contributed by atoms with Gasteiger partial charge in [-0.1, -0.05) is 13.8 Å². The molecule has 1 heterocycles. The van der Waals surface area contributed by atoms with Crippen molar-refractivity contribution in [2.45, 2.75) is 32.7 Å². The zero-order valence-electron chi connectivity index (χ0n) is 8.64. The van der Waals surface area contributed by atoms with Crippen molar-refractivity contribution < 1.29 is 0 Å². The van der Waals surface area contributed by atoms with E-state index in [0.717, 1.165) is 12.0 Å². The summed E-state index contributed by atoms with van der Waals surface area (Å²) >= 11 is 0. The normalized spacial score (nSPS) is 18.8. The van der Waals surface area contributed by atoms with Gasteiger partial charge in [-0.2, -0.15) is 0 Å². The summed E-state index contributed by atoms with van der Waals surface area (Å²) in [5.74, 6) is 0.859. The lowest BCUT2D eigenvalue weighted by Crippen LogP contribution is -2.56. The van der Waals surface area contributed by atoms with Crippen LogP contribution in [0.15, 0.2) is 0 Å². The van der Waals surface area contributed by atoms with Crippen LogP contribution in [0.3, 0.4) is 0 Å². The number of hydrogen-bond donors (Lipinski definition) is 1. The number of hydrogen-bond acceptors (Lipinski definition) is 2. The van der Waals surface area contributed by atoms with Crippen LogP contribution in [-0.4, -0.2) is 37.6 Å². The number of nitrogens with zero attached hydrogens (tertiary/aromatic N) is 1. The summed E-state index contributed by atoms with van der Waals surface area (Å²) < 4.78 is 0. The molecule has 1 saturated heterocycles. The summed E-state index contributed by atoms with van der Waals surface area (Å²) in [7, 11) is 2.24. The third kappa shape index (κ3) is 3.11. The molecule has 1 N–H and O–H groups in total. The van der Waals surface area contributed by atoms with Gasteiger partial charge in [0, 0.05) is 19.1 Å². The summed E-state index contributed by atoms with van der Waals surface area (Å²) in [6.45, 7) is 8.25. The van der Waals surface area contributed by atoms with E-state index in [-0.39, 0.29) is 0 Å². The van der Waals surface area contributed by atoms with Crippen molar-refractivity contribution in [1.29, 1.82) is 0 Å². The molecule has 0 unspecified atom stereocenters. The van der Waals surface area contributed by atoms with Crippen molar-refractivity contribution in [3.63, 3.8) is 0 Å². The van der Waals surface area contributed by atoms with Gasteiger partial charge in [-0.3, -0.25) is 0 Å². The molecule has 2 nitrogen and oxygen atoms in total. The molecule has 1 rings (SSSR count). The molecule has 1 aliphatic heterocycles. The second-order valence-corrected chi connectivity index (χ2v) is 4.33. The summed E-state index contributed by atoms with van der Waals surface area (Å²) in [5, 5.41) is 3.30. The van der Waals surface area contributed by atoms with Gasteiger partial charge in [0.25, 0.3) is 0 Å². The third-order valence-corrected chi connectivity index (χ3v) is 2.68. The second-order valence-electron chi connectivity index (χ2n) is 4.33. The van der Waals surface area contributed by atoms with E-state index in [2.05, 4.69) is 31.1 Å². The van der Waals surface area contributed by atoms with Gasteiger partial charge in [-0.05, 0) is 32.4 Å². The first-order valence-corrected chi connectivity index (χ1v) is 5.11. The highest BCUT2D eigenvalue weighted by atomic mass is 15.2. The fraction of sp³-hybridized carbons (Fsp3) is 1.00. The first-order chi connectivity index (χ1) is 5.70. The molecule has 0 amide bonds. The van der Waals surface area contributed by atoms with Crippen LogP contribution in [0, 0.1) is 5.92 Å². The van der Waals surface area contributed by atoms with Gasteiger partial charge in [0.1, 0.15) is 0 Å². The van der Waals surface area contributed by atoms with E-state index in [1.165, 1.54) is 32.5 Å². The minimum absolute atomic E-state index is 0.817. The summed E-state index contributed by atoms with van der Waals surface area (Å²) in [4.78, 5) is 2.49. The highest BCUT2D eigenvalue weighted by Gasteiger charge is 2.20. The van der Waals surface area contributed by atoms with E-state index >= 15 is 0 Å². The Kier molecular flexibility index (Phi) is 4.02. The lowest BCUT2D eigenvalue weighted by atomic mass is 10.1. The van der Waals surface area contributed by atoms with Crippen molar-refractivity contribution >= 4 is 0 Å². The first kappa shape index (κ1) is 10.0. The van der Waals surface area contributed by atoms with Gasteiger partial charge in [-0.25, -0.2) is 0 Å². The molecule has 0 spiro atoms. The molecule has 0 aromatic heterocycles. The average molecular weight is 170 g/mol. The fourth-order valence-corrected chi connectivity index (χ4v) is 1.52. The maximum absolute atomic E-state index is 3.30. The molecule has 0 aromatic carbocycles. The van der Waals surface area contributed by atoms with E-state index < -0.39 is 0 Å². The van der Waals surface area contributed by atoms with Gasteiger partial charge < -0.3 is 10.2 Å². The standard InChI is InChI=1S/C10H22N2/c1-9(2)5-4-6-12(3)10-7-11-8-10/h9-11H,4-8H2,1-3H3. The molecule has 2 heteroatoms. The molecule has 12 heavy (non-hydrogen) atoms. The molecule has 0 saturated carbocycles. The van der Waals surface area contributed by atoms with E-state index in [0.29, 0.717) is 0 Å². The Bertz CT molecular complexity index is 119. The molecule has 0 aromatic rings. The number of nitrogens with one attached hydrogen (secondary N) is 1. The van der Waals surface area contributed by atoms with Crippen LogP contribution < -0.4 is 5.32 Å². The highest BCUT2D eigenvalue weighted by molar-refractivity contribution is 4.82. The second kappa shape index (κ2) is 4.83. The van der Waals surface area contributed by atoms with Gasteiger partial charge in [0.05, 0.1) is 0 Å². The van der Waals surface area contributed by atoms with Crippen molar-refractivity contribution in [2.75, 3.05) is 26.7 Å². The smallest absolute Gasteiger partial charge is 0.0342 e. The fourth-order valence-electron chi connectivity index (χ4n) is 1.52. The zero-order valence-corrected chi connectivity index (χ0v) is 8.64. The summed E-state index contributed by atoms with van der Waals surface area (Å²) in [5.41, 5.74) is 0. The largest absolute Gasteiger partial charge is 0.314 e. The Morgan fingerprint density at radius 1 is 1.42 bits per heavy atom. The SMILES string of the molecule is CC(C)CCCN(C)C1CNC1. The molecular formula is C10H22N2. The maximum atomic E-state index is 3.30. The van der Waals surface area contributed by atoms with Gasteiger partial charge >= 0.3 is 0 Å². The molecule has 72 valence electrons. The van der Waals surface area contributed by atoms with E-state index in [9.17, 15) is 0 Å². The van der Waals surface area contributed by atoms with Crippen molar-refractivity contribution in [3.8, 4) is 0 Å². The summed E-state index contributed by atoms with van der Waals surface area (Å²) in [6.07, 6.45) is 2.72. The van der Waals surface area contributed by atoms with Crippen LogP contribution in [-0.2, 0) is 0 Å². The van der Waals surface area contributed by atoms with Gasteiger partial charge in [0.2, 0.25) is 0 Å². The predicted molar refractivity (Wildman–Crippen MR) is 53.4 cm³/mol. The molecule has 0 aliphatic carbocycles. The molecule has 0 atom stereocenters. The minimum Gasteiger partial charge on any atom is -0.314 e. The van der Waals surface area contributed by atoms with E-state index in [4.69, 9.17) is 0 Å². The van der Waals surface area contributed by atoms with E-state index in [1.54, 1.807) is 0 Å². The molecule has 0 bridgehead atoms. The van der Waals surface area contributed by atoms with Crippen LogP contribution in [0.1, 0.15) is 26.7 Å². The highest BCUT2D eigenvalue weighted by Crippen LogP contribution is 2.07. The van der Waals surface area contributed by atoms with Crippen LogP contribution in [0.5, 0.6) is 0 Å². The van der Waals surface area contributed by atoms with Crippen molar-refractivity contribution in [2.24, 2.45) is 5.92 Å². The zero-order chi connectivity index (χ0) is 8.97. The Morgan fingerprint density at radius 3 is 2.50 bits per heavy atom. The Labute approximate surface area is 76.3 Å². The lowest BCUT2D eigenvalue weighted by molar-refractivity contribution is 0.175. The van der Waals surface area contributed by atoms with Crippen LogP contribution >= 0.6 is 0 Å². The Balaban J connectivity index is 1.98. The van der Waals surface area contributed by atoms with Crippen LogP contribution in [0.25, 0.3) is 0 Å². The molecule has 1 fully saturated rings. The molecule has 0 radical (unpaired) electrons. The van der Waals surface area contributed by atoms with Gasteiger partial charge in [-0.15, -0.1) is 0 Å². The van der Waals surface area contributed by atoms with E-state index in [1.807, 2.05) is 0 Å². The van der Waals surface area contributed by atoms with Crippen molar-refractivity contribution in [3.05, 3.63) is 0 Å². The third-order valence-electron chi connectivity index (χ3n) is 2.68. The summed E-state index contributed by atoms with van der Waals surface area (Å²) in [6, 6.07) is 0.817. The quantitative estimate of drug-likeness (QED) is 0.669.